The first-order valence-corrected chi connectivity index (χ1v) is 11.7. The molecule has 178 valence electrons. The average molecular weight is 484 g/mol. The van der Waals surface area contributed by atoms with Gasteiger partial charge in [0.2, 0.25) is 0 Å². The molecule has 33 heavy (non-hydrogen) atoms. The number of rotatable bonds is 6. The molecule has 0 atom stereocenters. The molecule has 4 rings (SSSR count). The van der Waals surface area contributed by atoms with Crippen molar-refractivity contribution < 1.29 is 22.0 Å². The molecule has 1 aliphatic carbocycles. The number of hydrogen-bond donors (Lipinski definition) is 1. The highest BCUT2D eigenvalue weighted by molar-refractivity contribution is 7.98. The van der Waals surface area contributed by atoms with Gasteiger partial charge in [-0.1, -0.05) is 39.1 Å². The Labute approximate surface area is 193 Å². The number of fused-ring (bicyclic) bond motifs is 1. The van der Waals surface area contributed by atoms with E-state index < -0.39 is 29.1 Å². The van der Waals surface area contributed by atoms with Crippen LogP contribution in [-0.4, -0.2) is 14.8 Å². The second-order valence-electron chi connectivity index (χ2n) is 9.73. The number of pyridine rings is 1. The predicted molar refractivity (Wildman–Crippen MR) is 122 cm³/mol. The van der Waals surface area contributed by atoms with Crippen LogP contribution in [0.4, 0.5) is 22.0 Å². The van der Waals surface area contributed by atoms with Crippen LogP contribution in [0, 0.1) is 17.0 Å². The van der Waals surface area contributed by atoms with E-state index >= 15 is 4.39 Å². The minimum absolute atomic E-state index is 0.122. The van der Waals surface area contributed by atoms with E-state index in [1.165, 1.54) is 31.4 Å². The van der Waals surface area contributed by atoms with E-state index in [2.05, 4.69) is 9.71 Å². The molecule has 1 N–H and O–H groups in total. The van der Waals surface area contributed by atoms with Crippen LogP contribution in [0.2, 0.25) is 0 Å². The molecule has 3 aromatic rings. The van der Waals surface area contributed by atoms with Crippen LogP contribution in [0.1, 0.15) is 51.3 Å². The summed E-state index contributed by atoms with van der Waals surface area (Å²) in [6.07, 6.45) is 1.14. The van der Waals surface area contributed by atoms with E-state index in [0.717, 1.165) is 5.56 Å². The van der Waals surface area contributed by atoms with Crippen molar-refractivity contribution in [2.45, 2.75) is 64.5 Å². The molecule has 1 aliphatic rings. The van der Waals surface area contributed by atoms with Gasteiger partial charge in [0, 0.05) is 46.6 Å². The molecule has 0 aliphatic heterocycles. The summed E-state index contributed by atoms with van der Waals surface area (Å²) >= 11 is 1.67. The van der Waals surface area contributed by atoms with E-state index in [4.69, 9.17) is 0 Å². The lowest BCUT2D eigenvalue weighted by Crippen LogP contribution is -2.19. The first-order chi connectivity index (χ1) is 15.4. The summed E-state index contributed by atoms with van der Waals surface area (Å²) in [5.41, 5.74) is -0.897. The Morgan fingerprint density at radius 3 is 2.42 bits per heavy atom. The zero-order chi connectivity index (χ0) is 24.0. The fraction of sp³-hybridized carbons (Fsp3) is 0.458. The molecular weight excluding hydrogens is 457 g/mol. The maximum atomic E-state index is 15.2. The average Bonchev–Trinajstić information content (AvgIpc) is 2.96. The Morgan fingerprint density at radius 1 is 1.09 bits per heavy atom. The topological polar surface area (TPSA) is 29.9 Å². The zero-order valence-electron chi connectivity index (χ0n) is 18.7. The zero-order valence-corrected chi connectivity index (χ0v) is 19.5. The number of nitrogens with one attached hydrogen (secondary N) is 1. The van der Waals surface area contributed by atoms with E-state index in [0.29, 0.717) is 41.5 Å². The largest absolute Gasteiger partial charge is 0.433 e. The normalized spacial score (nSPS) is 15.3. The molecule has 0 bridgehead atoms. The SMILES string of the molecule is CC(C)(C)Cn1cc(CNSC2CCC2)c2cc(F)c(-c3cc(F)cnc3C(F)(F)F)cc21. The molecule has 3 nitrogen and oxygen atoms in total. The molecule has 1 fully saturated rings. The second kappa shape index (κ2) is 8.91. The molecule has 2 aromatic heterocycles. The minimum atomic E-state index is -4.84. The van der Waals surface area contributed by atoms with Crippen molar-refractivity contribution in [3.8, 4) is 11.1 Å². The first kappa shape index (κ1) is 24.0. The number of aromatic nitrogens is 2. The predicted octanol–water partition coefficient (Wildman–Crippen LogP) is 7.34. The lowest BCUT2D eigenvalue weighted by molar-refractivity contribution is -0.140. The van der Waals surface area contributed by atoms with Gasteiger partial charge in [-0.15, -0.1) is 0 Å². The summed E-state index contributed by atoms with van der Waals surface area (Å²) in [5, 5.41) is 1.21. The standard InChI is InChI=1S/C24H26F5N3S/c1-23(2,3)13-32-12-14(10-31-33-16-5-4-6-16)17-8-20(26)18(9-21(17)32)19-7-15(25)11-30-22(19)24(27,28)29/h7-9,11-12,16,31H,4-6,10,13H2,1-3H3. The van der Waals surface area contributed by atoms with Gasteiger partial charge >= 0.3 is 6.18 Å². The number of halogens is 5. The molecular formula is C24H26F5N3S. The molecule has 0 saturated heterocycles. The molecule has 1 saturated carbocycles. The third kappa shape index (κ3) is 5.35. The van der Waals surface area contributed by atoms with Crippen LogP contribution in [0.25, 0.3) is 22.0 Å². The summed E-state index contributed by atoms with van der Waals surface area (Å²) in [6, 6.07) is 3.32. The van der Waals surface area contributed by atoms with Crippen molar-refractivity contribution in [2.75, 3.05) is 0 Å². The van der Waals surface area contributed by atoms with Gasteiger partial charge in [0.15, 0.2) is 5.69 Å². The van der Waals surface area contributed by atoms with Crippen molar-refractivity contribution in [1.29, 1.82) is 0 Å². The van der Waals surface area contributed by atoms with E-state index in [9.17, 15) is 17.6 Å². The molecule has 2 heterocycles. The molecule has 0 radical (unpaired) electrons. The van der Waals surface area contributed by atoms with E-state index in [1.807, 2.05) is 31.5 Å². The third-order valence-corrected chi connectivity index (χ3v) is 6.79. The number of hydrogen-bond acceptors (Lipinski definition) is 3. The fourth-order valence-electron chi connectivity index (χ4n) is 3.97. The van der Waals surface area contributed by atoms with Gasteiger partial charge in [-0.25, -0.2) is 13.8 Å². The smallest absolute Gasteiger partial charge is 0.347 e. The van der Waals surface area contributed by atoms with E-state index in [-0.39, 0.29) is 11.0 Å². The molecule has 0 unspecified atom stereocenters. The van der Waals surface area contributed by atoms with E-state index in [1.54, 1.807) is 11.9 Å². The molecule has 0 amide bonds. The minimum Gasteiger partial charge on any atom is -0.347 e. The highest BCUT2D eigenvalue weighted by atomic mass is 32.2. The van der Waals surface area contributed by atoms with Crippen LogP contribution >= 0.6 is 11.9 Å². The monoisotopic (exact) mass is 483 g/mol. The molecule has 1 aromatic carbocycles. The summed E-state index contributed by atoms with van der Waals surface area (Å²) in [6.45, 7) is 7.23. The summed E-state index contributed by atoms with van der Waals surface area (Å²) < 4.78 is 74.9. The Kier molecular flexibility index (Phi) is 6.48. The van der Waals surface area contributed by atoms with Gasteiger partial charge in [0.1, 0.15) is 11.6 Å². The lowest BCUT2D eigenvalue weighted by Gasteiger charge is -2.24. The highest BCUT2D eigenvalue weighted by Crippen LogP contribution is 2.39. The maximum Gasteiger partial charge on any atom is 0.433 e. The molecule has 9 heteroatoms. The van der Waals surface area contributed by atoms with Crippen molar-refractivity contribution in [2.24, 2.45) is 5.41 Å². The fourth-order valence-corrected chi connectivity index (χ4v) is 5.01. The van der Waals surface area contributed by atoms with Crippen LogP contribution in [0.15, 0.2) is 30.6 Å². The van der Waals surface area contributed by atoms with Crippen molar-refractivity contribution in [1.82, 2.24) is 14.3 Å². The highest BCUT2D eigenvalue weighted by Gasteiger charge is 2.36. The van der Waals surface area contributed by atoms with Gasteiger partial charge in [-0.3, -0.25) is 4.72 Å². The Hall–Kier alpha value is -2.13. The Balaban J connectivity index is 1.81. The Morgan fingerprint density at radius 2 is 1.82 bits per heavy atom. The van der Waals surface area contributed by atoms with Gasteiger partial charge in [0.25, 0.3) is 0 Å². The molecule has 0 spiro atoms. The van der Waals surface area contributed by atoms with Crippen molar-refractivity contribution >= 4 is 22.9 Å². The van der Waals surface area contributed by atoms with Crippen LogP contribution in [0.3, 0.4) is 0 Å². The second-order valence-corrected chi connectivity index (χ2v) is 10.9. The van der Waals surface area contributed by atoms with Gasteiger partial charge < -0.3 is 4.57 Å². The summed E-state index contributed by atoms with van der Waals surface area (Å²) in [4.78, 5) is 3.22. The van der Waals surface area contributed by atoms with Crippen LogP contribution in [0.5, 0.6) is 0 Å². The number of nitrogens with zero attached hydrogens (tertiary/aromatic N) is 2. The maximum absolute atomic E-state index is 15.2. The third-order valence-electron chi connectivity index (χ3n) is 5.67. The van der Waals surface area contributed by atoms with Gasteiger partial charge in [-0.05, 0) is 42.0 Å². The first-order valence-electron chi connectivity index (χ1n) is 10.9. The quantitative estimate of drug-likeness (QED) is 0.294. The lowest BCUT2D eigenvalue weighted by atomic mass is 9.96. The van der Waals surface area contributed by atoms with Crippen molar-refractivity contribution in [3.05, 3.63) is 53.5 Å². The van der Waals surface area contributed by atoms with Crippen LogP contribution in [-0.2, 0) is 19.3 Å². The summed E-state index contributed by atoms with van der Waals surface area (Å²) in [5.74, 6) is -1.80. The number of alkyl halides is 3. The number of benzene rings is 1. The van der Waals surface area contributed by atoms with Crippen molar-refractivity contribution in [3.63, 3.8) is 0 Å². The van der Waals surface area contributed by atoms with Crippen LogP contribution < -0.4 is 4.72 Å². The van der Waals surface area contributed by atoms with Gasteiger partial charge in [-0.2, -0.15) is 13.2 Å². The van der Waals surface area contributed by atoms with Gasteiger partial charge in [0.05, 0.1) is 6.20 Å². The summed E-state index contributed by atoms with van der Waals surface area (Å²) in [7, 11) is 0. The Bertz CT molecular complexity index is 1160.